The van der Waals surface area contributed by atoms with E-state index in [2.05, 4.69) is 30.0 Å². The fraction of sp³-hybridized carbons (Fsp3) is 0.600. The van der Waals surface area contributed by atoms with Gasteiger partial charge in [0.25, 0.3) is 5.56 Å². The summed E-state index contributed by atoms with van der Waals surface area (Å²) in [6.45, 7) is 2.70. The molecule has 4 heterocycles. The van der Waals surface area contributed by atoms with Crippen LogP contribution < -0.4 is 22.7 Å². The Bertz CT molecular complexity index is 1420. The topological polar surface area (TPSA) is 272 Å². The summed E-state index contributed by atoms with van der Waals surface area (Å²) in [6.07, 6.45) is 0.940. The van der Waals surface area contributed by atoms with Gasteiger partial charge in [-0.1, -0.05) is 10.2 Å². The summed E-state index contributed by atoms with van der Waals surface area (Å²) < 4.78 is 13.5. The van der Waals surface area contributed by atoms with Crippen LogP contribution in [0.15, 0.2) is 37.0 Å². The van der Waals surface area contributed by atoms with Crippen molar-refractivity contribution in [2.45, 2.75) is 63.4 Å². The molecular weight excluding hydrogens is 506 g/mol. The summed E-state index contributed by atoms with van der Waals surface area (Å²) >= 11 is 0. The molecule has 6 unspecified atom stereocenters. The number of nitrogens with one attached hydrogen (secondary N) is 1. The van der Waals surface area contributed by atoms with Gasteiger partial charge < -0.3 is 25.4 Å². The van der Waals surface area contributed by atoms with Gasteiger partial charge in [0.1, 0.15) is 18.3 Å². The minimum atomic E-state index is -0.671. The first kappa shape index (κ1) is 28.4. The Hall–Kier alpha value is -4.18. The second-order valence-corrected chi connectivity index (χ2v) is 8.62. The fourth-order valence-corrected chi connectivity index (χ4v) is 4.06. The first-order chi connectivity index (χ1) is 18.1. The van der Waals surface area contributed by atoms with Gasteiger partial charge in [-0.05, 0) is 24.9 Å². The van der Waals surface area contributed by atoms with Crippen molar-refractivity contribution in [3.63, 3.8) is 0 Å². The third kappa shape index (κ3) is 6.20. The van der Waals surface area contributed by atoms with E-state index < -0.39 is 53.7 Å². The number of nitrogen functional groups attached to an aromatic ring is 1. The van der Waals surface area contributed by atoms with Crippen molar-refractivity contribution >= 4 is 5.82 Å². The molecule has 2 aromatic rings. The maximum atomic E-state index is 11.8. The van der Waals surface area contributed by atoms with E-state index in [1.54, 1.807) is 20.0 Å². The molecule has 4 rings (SSSR count). The van der Waals surface area contributed by atoms with E-state index in [-0.39, 0.29) is 25.5 Å². The monoisotopic (exact) mass is 533 g/mol. The number of aliphatic hydroxyl groups excluding tert-OH is 2. The Balaban J connectivity index is 0.000000211. The van der Waals surface area contributed by atoms with Crippen LogP contribution in [-0.2, 0) is 9.47 Å². The minimum absolute atomic E-state index is 0.171. The third-order valence-corrected chi connectivity index (χ3v) is 6.11. The number of hydrogen-bond donors (Lipinski definition) is 4. The van der Waals surface area contributed by atoms with Crippen LogP contribution in [0.2, 0.25) is 0 Å². The number of nitrogens with zero attached hydrogens (tertiary/aromatic N) is 9. The molecule has 38 heavy (non-hydrogen) atoms. The minimum Gasteiger partial charge on any atom is -0.394 e. The highest BCUT2D eigenvalue weighted by Gasteiger charge is 2.36. The number of rotatable bonds is 6. The van der Waals surface area contributed by atoms with Crippen LogP contribution in [0.3, 0.4) is 0 Å². The molecule has 0 bridgehead atoms. The molecule has 18 nitrogen and oxygen atoms in total. The lowest BCUT2D eigenvalue weighted by Crippen LogP contribution is -2.33. The SMILES string of the molecule is Cc1cn(C2CC(N=[N+]=[N-])C(CO)O2)c(=O)[nH]c1=O.Cc1cn(C2CC(N=[N+]=[N-])C(CO)O2)c(=O)nc1N. The molecule has 0 saturated carbocycles. The molecule has 2 aliphatic rings. The van der Waals surface area contributed by atoms with Crippen LogP contribution in [0.5, 0.6) is 0 Å². The molecule has 2 aromatic heterocycles. The molecule has 204 valence electrons. The second kappa shape index (κ2) is 12.4. The Kier molecular flexibility index (Phi) is 9.25. The van der Waals surface area contributed by atoms with Crippen LogP contribution in [0.25, 0.3) is 20.9 Å². The number of hydrogen-bond acceptors (Lipinski definition) is 11. The van der Waals surface area contributed by atoms with Gasteiger partial charge in [-0.3, -0.25) is 18.9 Å². The van der Waals surface area contributed by atoms with Gasteiger partial charge in [-0.2, -0.15) is 4.98 Å². The summed E-state index contributed by atoms with van der Waals surface area (Å²) in [4.78, 5) is 46.0. The maximum absolute atomic E-state index is 11.8. The molecule has 6 atom stereocenters. The van der Waals surface area contributed by atoms with Gasteiger partial charge in [0.2, 0.25) is 0 Å². The van der Waals surface area contributed by atoms with Crippen LogP contribution >= 0.6 is 0 Å². The molecule has 0 radical (unpaired) electrons. The fourth-order valence-electron chi connectivity index (χ4n) is 4.06. The van der Waals surface area contributed by atoms with E-state index in [0.717, 1.165) is 0 Å². The molecule has 18 heteroatoms. The summed E-state index contributed by atoms with van der Waals surface area (Å²) in [7, 11) is 0. The first-order valence-corrected chi connectivity index (χ1v) is 11.4. The van der Waals surface area contributed by atoms with Crippen molar-refractivity contribution in [2.75, 3.05) is 18.9 Å². The Morgan fingerprint density at radius 2 is 1.50 bits per heavy atom. The van der Waals surface area contributed by atoms with E-state index in [0.29, 0.717) is 17.5 Å². The van der Waals surface area contributed by atoms with Gasteiger partial charge in [0, 0.05) is 46.2 Å². The molecule has 2 fully saturated rings. The zero-order valence-electron chi connectivity index (χ0n) is 20.5. The summed E-state index contributed by atoms with van der Waals surface area (Å²) in [5.41, 5.74) is 21.9. The van der Waals surface area contributed by atoms with Crippen molar-refractivity contribution in [3.8, 4) is 0 Å². The van der Waals surface area contributed by atoms with E-state index in [1.807, 2.05) is 0 Å². The predicted octanol–water partition coefficient (Wildman–Crippen LogP) is -0.104. The van der Waals surface area contributed by atoms with Gasteiger partial charge >= 0.3 is 11.4 Å². The molecule has 2 saturated heterocycles. The Labute approximate surface area is 213 Å². The van der Waals surface area contributed by atoms with E-state index in [4.69, 9.17) is 36.5 Å². The van der Waals surface area contributed by atoms with Gasteiger partial charge in [0.05, 0.1) is 37.5 Å². The average Bonchev–Trinajstić information content (AvgIpc) is 3.48. The number of aliphatic hydroxyl groups is 2. The number of aromatic amines is 1. The molecule has 0 spiro atoms. The van der Waals surface area contributed by atoms with E-state index >= 15 is 0 Å². The smallest absolute Gasteiger partial charge is 0.351 e. The van der Waals surface area contributed by atoms with Gasteiger partial charge in [0.15, 0.2) is 0 Å². The number of aryl methyl sites for hydroxylation is 2. The molecule has 2 aliphatic heterocycles. The Morgan fingerprint density at radius 3 is 2.00 bits per heavy atom. The van der Waals surface area contributed by atoms with E-state index in [1.165, 1.54) is 15.3 Å². The van der Waals surface area contributed by atoms with Crippen LogP contribution in [0, 0.1) is 13.8 Å². The highest BCUT2D eigenvalue weighted by atomic mass is 16.5. The molecular formula is C20H27N11O7. The number of anilines is 1. The number of H-pyrrole nitrogens is 1. The van der Waals surface area contributed by atoms with Crippen LogP contribution in [0.4, 0.5) is 5.82 Å². The lowest BCUT2D eigenvalue weighted by molar-refractivity contribution is -0.0271. The zero-order valence-corrected chi connectivity index (χ0v) is 20.5. The third-order valence-electron chi connectivity index (χ3n) is 6.11. The maximum Gasteiger partial charge on any atom is 0.351 e. The van der Waals surface area contributed by atoms with Crippen LogP contribution in [0.1, 0.15) is 36.4 Å². The van der Waals surface area contributed by atoms with E-state index in [9.17, 15) is 14.4 Å². The highest BCUT2D eigenvalue weighted by molar-refractivity contribution is 5.35. The van der Waals surface area contributed by atoms with Crippen molar-refractivity contribution < 1.29 is 19.7 Å². The largest absolute Gasteiger partial charge is 0.394 e. The number of aromatic nitrogens is 4. The van der Waals surface area contributed by atoms with Gasteiger partial charge in [-0.25, -0.2) is 9.59 Å². The number of ether oxygens (including phenoxy) is 2. The summed E-state index contributed by atoms with van der Waals surface area (Å²) in [6, 6.07) is -1.05. The van der Waals surface area contributed by atoms with Crippen molar-refractivity contribution in [1.82, 2.24) is 19.1 Å². The highest BCUT2D eigenvalue weighted by Crippen LogP contribution is 2.31. The average molecular weight is 534 g/mol. The lowest BCUT2D eigenvalue weighted by atomic mass is 10.1. The van der Waals surface area contributed by atoms with Crippen molar-refractivity contribution in [1.29, 1.82) is 0 Å². The summed E-state index contributed by atoms with van der Waals surface area (Å²) in [5.74, 6) is 0.171. The molecule has 0 amide bonds. The standard InChI is InChI=1S/C10H14N6O3.C10H13N5O4/c1-5-3-16(10(18)13-9(5)11)8-2-6(14-15-12)7(4-17)19-8;1-5-3-15(10(18)12-9(5)17)8-2-6(13-14-11)7(4-16)19-8/h3,6-8,17H,2,4H2,1H3,(H2,11,13,18);3,6-8,16H,2,4H2,1H3,(H,12,17,18). The summed E-state index contributed by atoms with van der Waals surface area (Å²) in [5, 5.41) is 25.4. The number of nitrogens with two attached hydrogens (primary N) is 1. The van der Waals surface area contributed by atoms with Crippen LogP contribution in [-0.4, -0.2) is 66.8 Å². The quantitative estimate of drug-likeness (QED) is 0.219. The Morgan fingerprint density at radius 1 is 1.00 bits per heavy atom. The number of azide groups is 2. The normalized spacial score (nSPS) is 26.1. The first-order valence-electron chi connectivity index (χ1n) is 11.4. The van der Waals surface area contributed by atoms with Gasteiger partial charge in [-0.15, -0.1) is 0 Å². The molecule has 0 aromatic carbocycles. The van der Waals surface area contributed by atoms with Crippen molar-refractivity contribution in [2.24, 2.45) is 10.2 Å². The molecule has 0 aliphatic carbocycles. The predicted molar refractivity (Wildman–Crippen MR) is 131 cm³/mol. The molecule has 5 N–H and O–H groups in total. The van der Waals surface area contributed by atoms with Crippen molar-refractivity contribution in [3.05, 3.63) is 75.7 Å². The lowest BCUT2D eigenvalue weighted by Gasteiger charge is -2.15. The zero-order chi connectivity index (χ0) is 28.0. The second-order valence-electron chi connectivity index (χ2n) is 8.62.